The lowest BCUT2D eigenvalue weighted by Gasteiger charge is -2.24. The SMILES string of the molecule is CN/N=C(/c1c(Cl)cnc2[nH]ccc12)C1CCCCC1.Cn1[nH]c(C2CCCCC2)c2c3ccnc3ncc21. The highest BCUT2D eigenvalue weighted by molar-refractivity contribution is 6.36. The molecule has 0 saturated heterocycles. The molecule has 9 heteroatoms. The first-order chi connectivity index (χ1) is 19.2. The van der Waals surface area contributed by atoms with Crippen LogP contribution in [0, 0.1) is 5.92 Å². The van der Waals surface area contributed by atoms with Gasteiger partial charge < -0.3 is 15.5 Å². The first-order valence-electron chi connectivity index (χ1n) is 14.3. The van der Waals surface area contributed by atoms with E-state index in [1.807, 2.05) is 31.7 Å². The van der Waals surface area contributed by atoms with Crippen LogP contribution >= 0.6 is 11.6 Å². The number of hydrazone groups is 1. The van der Waals surface area contributed by atoms with Crippen LogP contribution in [-0.4, -0.2) is 42.5 Å². The van der Waals surface area contributed by atoms with Gasteiger partial charge in [0.2, 0.25) is 0 Å². The summed E-state index contributed by atoms with van der Waals surface area (Å²) in [6.07, 6.45) is 20.3. The van der Waals surface area contributed by atoms with E-state index in [4.69, 9.17) is 11.6 Å². The van der Waals surface area contributed by atoms with Gasteiger partial charge in [0.25, 0.3) is 0 Å². The molecule has 5 heterocycles. The van der Waals surface area contributed by atoms with Gasteiger partial charge >= 0.3 is 0 Å². The third-order valence-corrected chi connectivity index (χ3v) is 8.75. The van der Waals surface area contributed by atoms with Crippen LogP contribution in [0.3, 0.4) is 0 Å². The van der Waals surface area contributed by atoms with Crippen molar-refractivity contribution in [1.29, 1.82) is 0 Å². The summed E-state index contributed by atoms with van der Waals surface area (Å²) in [6.45, 7) is 0. The fourth-order valence-electron chi connectivity index (χ4n) is 6.56. The minimum Gasteiger partial charge on any atom is -0.346 e. The molecular weight excluding hydrogens is 508 g/mol. The summed E-state index contributed by atoms with van der Waals surface area (Å²) < 4.78 is 2.10. The van der Waals surface area contributed by atoms with Gasteiger partial charge in [-0.2, -0.15) is 5.10 Å². The van der Waals surface area contributed by atoms with Crippen LogP contribution in [0.2, 0.25) is 5.02 Å². The van der Waals surface area contributed by atoms with Gasteiger partial charge in [0.15, 0.2) is 5.65 Å². The Morgan fingerprint density at radius 3 is 2.51 bits per heavy atom. The van der Waals surface area contributed by atoms with Gasteiger partial charge in [0, 0.05) is 71.9 Å². The zero-order valence-electron chi connectivity index (χ0n) is 22.8. The van der Waals surface area contributed by atoms with Gasteiger partial charge in [0.1, 0.15) is 5.65 Å². The summed E-state index contributed by atoms with van der Waals surface area (Å²) >= 11 is 6.42. The van der Waals surface area contributed by atoms with Crippen molar-refractivity contribution in [2.24, 2.45) is 18.1 Å². The summed E-state index contributed by atoms with van der Waals surface area (Å²) in [6, 6.07) is 4.11. The van der Waals surface area contributed by atoms with Crippen LogP contribution in [-0.2, 0) is 7.05 Å². The Morgan fingerprint density at radius 2 is 1.74 bits per heavy atom. The molecule has 7 rings (SSSR count). The van der Waals surface area contributed by atoms with Gasteiger partial charge in [-0.05, 0) is 37.8 Å². The van der Waals surface area contributed by atoms with Crippen molar-refractivity contribution >= 4 is 50.3 Å². The van der Waals surface area contributed by atoms with Gasteiger partial charge in [-0.3, -0.25) is 4.68 Å². The van der Waals surface area contributed by atoms with E-state index in [-0.39, 0.29) is 0 Å². The highest BCUT2D eigenvalue weighted by Gasteiger charge is 2.25. The zero-order valence-corrected chi connectivity index (χ0v) is 23.6. The molecule has 0 atom stereocenters. The largest absolute Gasteiger partial charge is 0.346 e. The molecule has 2 aliphatic rings. The third-order valence-electron chi connectivity index (χ3n) is 8.47. The lowest BCUT2D eigenvalue weighted by Crippen LogP contribution is -2.22. The van der Waals surface area contributed by atoms with Crippen LogP contribution in [0.1, 0.15) is 81.4 Å². The number of hydrogen-bond acceptors (Lipinski definition) is 5. The smallest absolute Gasteiger partial charge is 0.159 e. The maximum atomic E-state index is 6.42. The van der Waals surface area contributed by atoms with Crippen molar-refractivity contribution < 1.29 is 0 Å². The maximum Gasteiger partial charge on any atom is 0.159 e. The average molecular weight is 545 g/mol. The van der Waals surface area contributed by atoms with Crippen LogP contribution < -0.4 is 5.43 Å². The molecule has 39 heavy (non-hydrogen) atoms. The topological polar surface area (TPSA) is 99.6 Å². The molecule has 0 radical (unpaired) electrons. The molecule has 0 amide bonds. The summed E-state index contributed by atoms with van der Waals surface area (Å²) in [5.41, 5.74) is 9.34. The van der Waals surface area contributed by atoms with Crippen molar-refractivity contribution in [3.8, 4) is 0 Å². The number of nitrogens with zero attached hydrogens (tertiary/aromatic N) is 5. The quantitative estimate of drug-likeness (QED) is 0.164. The van der Waals surface area contributed by atoms with Crippen molar-refractivity contribution in [1.82, 2.24) is 35.1 Å². The Morgan fingerprint density at radius 1 is 0.974 bits per heavy atom. The fourth-order valence-corrected chi connectivity index (χ4v) is 6.81. The second-order valence-electron chi connectivity index (χ2n) is 10.9. The molecule has 2 aliphatic carbocycles. The second kappa shape index (κ2) is 11.4. The molecule has 0 unspecified atom stereocenters. The predicted octanol–water partition coefficient (Wildman–Crippen LogP) is 7.22. The number of aromatic nitrogens is 6. The first kappa shape index (κ1) is 25.9. The maximum absolute atomic E-state index is 6.42. The molecule has 5 aromatic heterocycles. The van der Waals surface area contributed by atoms with E-state index in [9.17, 15) is 0 Å². The second-order valence-corrected chi connectivity index (χ2v) is 11.3. The number of hydrogen-bond donors (Lipinski definition) is 3. The van der Waals surface area contributed by atoms with E-state index in [0.29, 0.717) is 16.9 Å². The van der Waals surface area contributed by atoms with Gasteiger partial charge in [-0.1, -0.05) is 50.1 Å². The number of H-pyrrole nitrogens is 2. The normalized spacial score (nSPS) is 17.6. The summed E-state index contributed by atoms with van der Waals surface area (Å²) in [4.78, 5) is 16.2. The monoisotopic (exact) mass is 544 g/mol. The van der Waals surface area contributed by atoms with E-state index in [1.54, 1.807) is 6.20 Å². The van der Waals surface area contributed by atoms with Crippen LogP contribution in [0.5, 0.6) is 0 Å². The lowest BCUT2D eigenvalue weighted by molar-refractivity contribution is 0.435. The number of halogens is 1. The summed E-state index contributed by atoms with van der Waals surface area (Å²) in [5, 5.41) is 12.4. The molecule has 3 N–H and O–H groups in total. The van der Waals surface area contributed by atoms with Crippen molar-refractivity contribution in [3.63, 3.8) is 0 Å². The summed E-state index contributed by atoms with van der Waals surface area (Å²) in [5.74, 6) is 1.15. The zero-order chi connectivity index (χ0) is 26.8. The summed E-state index contributed by atoms with van der Waals surface area (Å²) in [7, 11) is 3.91. The molecule has 2 fully saturated rings. The Hall–Kier alpha value is -3.39. The molecule has 0 aromatic carbocycles. The van der Waals surface area contributed by atoms with Gasteiger partial charge in [-0.25, -0.2) is 15.0 Å². The molecular formula is C30H37ClN8. The average Bonchev–Trinajstić information content (AvgIpc) is 3.72. The highest BCUT2D eigenvalue weighted by atomic mass is 35.5. The van der Waals surface area contributed by atoms with E-state index in [2.05, 4.69) is 53.4 Å². The number of rotatable bonds is 4. The number of pyridine rings is 2. The molecule has 5 aromatic rings. The van der Waals surface area contributed by atoms with E-state index in [0.717, 1.165) is 28.0 Å². The Kier molecular flexibility index (Phi) is 7.55. The standard InChI is InChI=1S/C15H19ClN4.C15H18N4/c1-17-20-14(10-5-3-2-4-6-10)13-11-7-8-18-15(11)19-9-12(13)16;1-19-12-9-17-15-11(7-8-16-15)13(12)14(18-19)10-5-3-2-4-6-10/h7-10,17H,2-6H2,1H3,(H,18,19);7-10,18H,2-6H2,1H3/b20-14+;. The minimum atomic E-state index is 0.481. The Bertz CT molecular complexity index is 1600. The third kappa shape index (κ3) is 5.02. The van der Waals surface area contributed by atoms with Gasteiger partial charge in [-0.15, -0.1) is 0 Å². The molecule has 2 saturated carbocycles. The van der Waals surface area contributed by atoms with Crippen LogP contribution in [0.15, 0.2) is 42.0 Å². The Labute approximate surface area is 233 Å². The predicted molar refractivity (Wildman–Crippen MR) is 159 cm³/mol. The van der Waals surface area contributed by atoms with E-state index >= 15 is 0 Å². The fraction of sp³-hybridized carbons (Fsp3) is 0.467. The number of nitrogens with one attached hydrogen (secondary N) is 3. The van der Waals surface area contributed by atoms with Crippen LogP contribution in [0.25, 0.3) is 33.0 Å². The number of aromatic amines is 2. The van der Waals surface area contributed by atoms with E-state index < -0.39 is 0 Å². The van der Waals surface area contributed by atoms with Crippen molar-refractivity contribution in [3.05, 3.63) is 53.2 Å². The van der Waals surface area contributed by atoms with E-state index in [1.165, 1.54) is 86.2 Å². The lowest BCUT2D eigenvalue weighted by atomic mass is 9.83. The first-order valence-corrected chi connectivity index (χ1v) is 14.7. The number of fused-ring (bicyclic) bond motifs is 4. The van der Waals surface area contributed by atoms with Crippen molar-refractivity contribution in [2.45, 2.75) is 70.1 Å². The highest BCUT2D eigenvalue weighted by Crippen LogP contribution is 2.38. The molecule has 204 valence electrons. The Balaban J connectivity index is 0.000000142. The minimum absolute atomic E-state index is 0.481. The van der Waals surface area contributed by atoms with Crippen molar-refractivity contribution in [2.75, 3.05) is 7.05 Å². The molecule has 0 spiro atoms. The van der Waals surface area contributed by atoms with Gasteiger partial charge in [0.05, 0.1) is 22.4 Å². The number of aryl methyl sites for hydroxylation is 1. The molecule has 0 bridgehead atoms. The molecule has 8 nitrogen and oxygen atoms in total. The van der Waals surface area contributed by atoms with Crippen LogP contribution in [0.4, 0.5) is 0 Å². The molecule has 0 aliphatic heterocycles.